The second kappa shape index (κ2) is 6.33. The first kappa shape index (κ1) is 16.4. The number of aromatic carboxylic acids is 1. The summed E-state index contributed by atoms with van der Waals surface area (Å²) in [5.41, 5.74) is 1.94. The van der Waals surface area contributed by atoms with E-state index >= 15 is 0 Å². The van der Waals surface area contributed by atoms with Crippen molar-refractivity contribution in [2.45, 2.75) is 25.8 Å². The lowest BCUT2D eigenvalue weighted by atomic mass is 10.0. The average Bonchev–Trinajstić information content (AvgIpc) is 3.29. The average molecular weight is 353 g/mol. The fourth-order valence-electron chi connectivity index (χ4n) is 3.45. The van der Waals surface area contributed by atoms with E-state index in [9.17, 15) is 9.59 Å². The summed E-state index contributed by atoms with van der Waals surface area (Å²) in [6, 6.07) is 7.74. The van der Waals surface area contributed by atoms with Gasteiger partial charge in [0.25, 0.3) is 5.91 Å². The number of aromatic nitrogens is 2. The highest BCUT2D eigenvalue weighted by Gasteiger charge is 2.27. The molecule has 1 fully saturated rings. The van der Waals surface area contributed by atoms with Crippen LogP contribution in [-0.4, -0.2) is 44.8 Å². The Bertz CT molecular complexity index is 980. The van der Waals surface area contributed by atoms with Crippen molar-refractivity contribution >= 4 is 22.8 Å². The Balaban J connectivity index is 1.45. The number of fused-ring (bicyclic) bond motifs is 1. The summed E-state index contributed by atoms with van der Waals surface area (Å²) in [5.74, 6) is -0.727. The van der Waals surface area contributed by atoms with Crippen molar-refractivity contribution in [1.29, 1.82) is 0 Å². The second-order valence-corrected chi connectivity index (χ2v) is 6.64. The third-order valence-electron chi connectivity index (χ3n) is 4.93. The van der Waals surface area contributed by atoms with E-state index in [2.05, 4.69) is 5.10 Å². The van der Waals surface area contributed by atoms with E-state index in [1.165, 1.54) is 6.20 Å². The maximum atomic E-state index is 12.7. The number of carbonyl (C=O) groups excluding carboxylic acids is 1. The summed E-state index contributed by atoms with van der Waals surface area (Å²) in [6.07, 6.45) is 4.36. The second-order valence-electron chi connectivity index (χ2n) is 6.64. The van der Waals surface area contributed by atoms with Gasteiger partial charge in [-0.3, -0.25) is 9.48 Å². The van der Waals surface area contributed by atoms with Crippen LogP contribution < -0.4 is 0 Å². The number of carbonyl (C=O) groups is 2. The van der Waals surface area contributed by atoms with E-state index in [0.717, 1.165) is 29.4 Å². The molecular weight excluding hydrogens is 334 g/mol. The van der Waals surface area contributed by atoms with Gasteiger partial charge in [-0.2, -0.15) is 5.10 Å². The van der Waals surface area contributed by atoms with Crippen molar-refractivity contribution in [1.82, 2.24) is 14.7 Å². The van der Waals surface area contributed by atoms with E-state index in [4.69, 9.17) is 9.52 Å². The van der Waals surface area contributed by atoms with E-state index in [0.29, 0.717) is 18.8 Å². The SMILES string of the molecule is Cc1cccc2cc(C(=O)N3CCC(n4cc(C(=O)O)cn4)CC3)oc12. The van der Waals surface area contributed by atoms with Crippen molar-refractivity contribution in [2.24, 2.45) is 0 Å². The predicted molar refractivity (Wildman–Crippen MR) is 94.3 cm³/mol. The molecule has 4 rings (SSSR count). The number of hydrogen-bond acceptors (Lipinski definition) is 4. The normalized spacial score (nSPS) is 15.5. The first-order chi connectivity index (χ1) is 12.5. The molecule has 1 N–H and O–H groups in total. The van der Waals surface area contributed by atoms with Crippen molar-refractivity contribution in [2.75, 3.05) is 13.1 Å². The standard InChI is InChI=1S/C19H19N3O4/c1-12-3-2-4-13-9-16(26-17(12)13)18(23)21-7-5-15(6-8-21)22-11-14(10-20-22)19(24)25/h2-4,9-11,15H,5-8H2,1H3,(H,24,25). The number of para-hydroxylation sites is 1. The van der Waals surface area contributed by atoms with Crippen LogP contribution in [0.2, 0.25) is 0 Å². The molecule has 2 aromatic heterocycles. The lowest BCUT2D eigenvalue weighted by Gasteiger charge is -2.31. The smallest absolute Gasteiger partial charge is 0.338 e. The predicted octanol–water partition coefficient (Wildman–Crippen LogP) is 3.11. The van der Waals surface area contributed by atoms with Crippen LogP contribution in [0.15, 0.2) is 41.1 Å². The monoisotopic (exact) mass is 353 g/mol. The third-order valence-corrected chi connectivity index (χ3v) is 4.93. The Morgan fingerprint density at radius 3 is 2.69 bits per heavy atom. The first-order valence-electron chi connectivity index (χ1n) is 8.59. The number of likely N-dealkylation sites (tertiary alicyclic amines) is 1. The summed E-state index contributed by atoms with van der Waals surface area (Å²) >= 11 is 0. The molecule has 7 nitrogen and oxygen atoms in total. The van der Waals surface area contributed by atoms with Gasteiger partial charge >= 0.3 is 5.97 Å². The summed E-state index contributed by atoms with van der Waals surface area (Å²) < 4.78 is 7.47. The highest BCUT2D eigenvalue weighted by molar-refractivity contribution is 5.96. The molecule has 1 saturated heterocycles. The molecular formula is C19H19N3O4. The summed E-state index contributed by atoms with van der Waals surface area (Å²) in [4.78, 5) is 25.5. The molecule has 0 radical (unpaired) electrons. The molecule has 7 heteroatoms. The summed E-state index contributed by atoms with van der Waals surface area (Å²) in [6.45, 7) is 3.13. The van der Waals surface area contributed by atoms with E-state index in [-0.39, 0.29) is 17.5 Å². The number of hydrogen-bond donors (Lipinski definition) is 1. The molecule has 1 aliphatic rings. The largest absolute Gasteiger partial charge is 0.478 e. The molecule has 0 atom stereocenters. The Kier molecular flexibility index (Phi) is 3.99. The van der Waals surface area contributed by atoms with E-state index < -0.39 is 5.97 Å². The van der Waals surface area contributed by atoms with Crippen LogP contribution in [0.1, 0.15) is 45.4 Å². The molecule has 0 unspecified atom stereocenters. The van der Waals surface area contributed by atoms with Gasteiger partial charge in [0.05, 0.1) is 17.8 Å². The lowest BCUT2D eigenvalue weighted by molar-refractivity contribution is 0.0660. The Morgan fingerprint density at radius 1 is 1.27 bits per heavy atom. The minimum atomic E-state index is -0.982. The fraction of sp³-hybridized carbons (Fsp3) is 0.316. The molecule has 1 aromatic carbocycles. The van der Waals surface area contributed by atoms with Crippen molar-refractivity contribution in [3.8, 4) is 0 Å². The summed E-state index contributed by atoms with van der Waals surface area (Å²) in [5, 5.41) is 14.1. The van der Waals surface area contributed by atoms with Crippen LogP contribution >= 0.6 is 0 Å². The molecule has 0 aliphatic carbocycles. The van der Waals surface area contributed by atoms with Crippen LogP contribution in [-0.2, 0) is 0 Å². The number of aryl methyl sites for hydroxylation is 1. The Labute approximate surface area is 149 Å². The van der Waals surface area contributed by atoms with E-state index in [1.54, 1.807) is 21.8 Å². The van der Waals surface area contributed by atoms with Crippen LogP contribution in [0.5, 0.6) is 0 Å². The number of carboxylic acids is 1. The van der Waals surface area contributed by atoms with Crippen molar-refractivity contribution in [3.05, 3.63) is 53.5 Å². The minimum absolute atomic E-state index is 0.102. The van der Waals surface area contributed by atoms with Gasteiger partial charge in [-0.15, -0.1) is 0 Å². The zero-order valence-electron chi connectivity index (χ0n) is 14.4. The Morgan fingerprint density at radius 2 is 2.04 bits per heavy atom. The minimum Gasteiger partial charge on any atom is -0.478 e. The van der Waals surface area contributed by atoms with Gasteiger partial charge in [-0.05, 0) is 31.4 Å². The maximum absolute atomic E-state index is 12.7. The van der Waals surface area contributed by atoms with Gasteiger partial charge in [-0.25, -0.2) is 4.79 Å². The third kappa shape index (κ3) is 2.85. The van der Waals surface area contributed by atoms with E-state index in [1.807, 2.05) is 25.1 Å². The van der Waals surface area contributed by atoms with Crippen LogP contribution in [0.3, 0.4) is 0 Å². The van der Waals surface area contributed by atoms with Gasteiger partial charge < -0.3 is 14.4 Å². The zero-order chi connectivity index (χ0) is 18.3. The number of rotatable bonds is 3. The maximum Gasteiger partial charge on any atom is 0.338 e. The quantitative estimate of drug-likeness (QED) is 0.781. The number of piperidine rings is 1. The Hall–Kier alpha value is -3.09. The van der Waals surface area contributed by atoms with Gasteiger partial charge in [0.1, 0.15) is 5.58 Å². The molecule has 1 aliphatic heterocycles. The number of benzene rings is 1. The number of amides is 1. The lowest BCUT2D eigenvalue weighted by Crippen LogP contribution is -2.39. The number of nitrogens with zero attached hydrogens (tertiary/aromatic N) is 3. The molecule has 1 amide bonds. The first-order valence-corrected chi connectivity index (χ1v) is 8.59. The molecule has 0 bridgehead atoms. The van der Waals surface area contributed by atoms with Crippen molar-refractivity contribution < 1.29 is 19.1 Å². The highest BCUT2D eigenvalue weighted by Crippen LogP contribution is 2.26. The summed E-state index contributed by atoms with van der Waals surface area (Å²) in [7, 11) is 0. The van der Waals surface area contributed by atoms with Gasteiger partial charge in [0.2, 0.25) is 0 Å². The van der Waals surface area contributed by atoms with Crippen LogP contribution in [0, 0.1) is 6.92 Å². The molecule has 3 aromatic rings. The van der Waals surface area contributed by atoms with Crippen molar-refractivity contribution in [3.63, 3.8) is 0 Å². The van der Waals surface area contributed by atoms with Gasteiger partial charge in [-0.1, -0.05) is 18.2 Å². The fourth-order valence-corrected chi connectivity index (χ4v) is 3.45. The highest BCUT2D eigenvalue weighted by atomic mass is 16.4. The zero-order valence-corrected chi connectivity index (χ0v) is 14.4. The van der Waals surface area contributed by atoms with Crippen LogP contribution in [0.4, 0.5) is 0 Å². The molecule has 3 heterocycles. The number of furan rings is 1. The molecule has 134 valence electrons. The molecule has 0 saturated carbocycles. The number of carboxylic acid groups (broad SMARTS) is 1. The van der Waals surface area contributed by atoms with Gasteiger partial charge in [0.15, 0.2) is 5.76 Å². The van der Waals surface area contributed by atoms with Gasteiger partial charge in [0, 0.05) is 24.7 Å². The topological polar surface area (TPSA) is 88.6 Å². The molecule has 0 spiro atoms. The molecule has 26 heavy (non-hydrogen) atoms. The van der Waals surface area contributed by atoms with Crippen LogP contribution in [0.25, 0.3) is 11.0 Å².